The molecule has 0 fully saturated rings. The number of carbonyl (C=O) groups is 1. The molecule has 8 heteroatoms. The van der Waals surface area contributed by atoms with Gasteiger partial charge in [-0.3, -0.25) is 4.79 Å². The molecule has 0 saturated heterocycles. The summed E-state index contributed by atoms with van der Waals surface area (Å²) in [6.45, 7) is 1.61. The van der Waals surface area contributed by atoms with Crippen LogP contribution in [0.3, 0.4) is 0 Å². The lowest BCUT2D eigenvalue weighted by Crippen LogP contribution is -2.20. The maximum absolute atomic E-state index is 11.4. The Labute approximate surface area is 155 Å². The van der Waals surface area contributed by atoms with Gasteiger partial charge >= 0.3 is 0 Å². The maximum Gasteiger partial charge on any atom is 0.214 e. The molecular formula is C18H18N4O3S. The van der Waals surface area contributed by atoms with Crippen LogP contribution in [0, 0.1) is 0 Å². The zero-order valence-electron chi connectivity index (χ0n) is 14.1. The Morgan fingerprint density at radius 2 is 2.04 bits per heavy atom. The molecule has 2 aromatic carbocycles. The van der Waals surface area contributed by atoms with Crippen molar-refractivity contribution in [2.24, 2.45) is 0 Å². The molecule has 0 aliphatic carbocycles. The van der Waals surface area contributed by atoms with Gasteiger partial charge in [-0.05, 0) is 41.6 Å². The lowest BCUT2D eigenvalue weighted by atomic mass is 10.1. The molecule has 0 bridgehead atoms. The number of rotatable bonds is 8. The van der Waals surface area contributed by atoms with E-state index in [0.29, 0.717) is 22.2 Å². The van der Waals surface area contributed by atoms with Gasteiger partial charge in [0.2, 0.25) is 5.16 Å². The quantitative estimate of drug-likeness (QED) is 0.481. The van der Waals surface area contributed by atoms with E-state index in [2.05, 4.69) is 15.5 Å². The molecule has 0 spiro atoms. The third kappa shape index (κ3) is 4.68. The topological polar surface area (TPSA) is 90.1 Å². The Bertz CT molecular complexity index is 870. The Hall–Kier alpha value is -2.71. The van der Waals surface area contributed by atoms with Crippen LogP contribution in [0.5, 0.6) is 5.75 Å². The van der Waals surface area contributed by atoms with Gasteiger partial charge in [0.25, 0.3) is 0 Å². The number of hydrogen-bond acceptors (Lipinski definition) is 7. The van der Waals surface area contributed by atoms with Crippen LogP contribution >= 0.6 is 11.8 Å². The molecule has 0 amide bonds. The van der Waals surface area contributed by atoms with Crippen LogP contribution in [0.4, 0.5) is 0 Å². The number of benzene rings is 2. The van der Waals surface area contributed by atoms with Crippen molar-refractivity contribution < 1.29 is 14.6 Å². The number of carbonyl (C=O) groups excluding carboxylic acids is 1. The first kappa shape index (κ1) is 18.1. The summed E-state index contributed by atoms with van der Waals surface area (Å²) in [4.78, 5) is 11.4. The van der Waals surface area contributed by atoms with E-state index in [1.165, 1.54) is 18.7 Å². The molecule has 134 valence electrons. The van der Waals surface area contributed by atoms with Gasteiger partial charge in [-0.2, -0.15) is 4.68 Å². The number of Topliss-reactive ketones (excluding diaryl/α,β-unsaturated/α-hetero) is 1. The Kier molecular flexibility index (Phi) is 5.98. The highest BCUT2D eigenvalue weighted by Crippen LogP contribution is 2.19. The van der Waals surface area contributed by atoms with Crippen molar-refractivity contribution in [3.63, 3.8) is 0 Å². The summed E-state index contributed by atoms with van der Waals surface area (Å²) in [5.74, 6) is 0.898. The molecule has 7 nitrogen and oxygen atoms in total. The highest BCUT2D eigenvalue weighted by Gasteiger charge is 2.13. The van der Waals surface area contributed by atoms with Crippen molar-refractivity contribution >= 4 is 17.5 Å². The van der Waals surface area contributed by atoms with Crippen LogP contribution in [0.15, 0.2) is 59.8 Å². The lowest BCUT2D eigenvalue weighted by molar-refractivity contribution is 0.101. The number of ether oxygens (including phenoxy) is 1. The molecule has 3 rings (SSSR count). The third-order valence-electron chi connectivity index (χ3n) is 3.53. The first-order chi connectivity index (χ1) is 12.6. The summed E-state index contributed by atoms with van der Waals surface area (Å²) in [5.41, 5.74) is 1.43. The first-order valence-corrected chi connectivity index (χ1v) is 9.00. The van der Waals surface area contributed by atoms with Crippen molar-refractivity contribution in [2.75, 3.05) is 12.4 Å². The van der Waals surface area contributed by atoms with E-state index >= 15 is 0 Å². The van der Waals surface area contributed by atoms with Crippen LogP contribution in [0.1, 0.15) is 17.3 Å². The second-order valence-corrected chi connectivity index (χ2v) is 6.56. The van der Waals surface area contributed by atoms with Gasteiger partial charge < -0.3 is 9.84 Å². The van der Waals surface area contributed by atoms with E-state index in [1.54, 1.807) is 28.9 Å². The normalized spacial score (nSPS) is 11.9. The third-order valence-corrected chi connectivity index (χ3v) is 4.59. The number of tetrazole rings is 1. The van der Waals surface area contributed by atoms with E-state index < -0.39 is 6.10 Å². The molecule has 0 radical (unpaired) electrons. The van der Waals surface area contributed by atoms with Gasteiger partial charge in [0.05, 0.1) is 11.8 Å². The number of hydrogen-bond donors (Lipinski definition) is 1. The minimum atomic E-state index is -0.707. The van der Waals surface area contributed by atoms with Gasteiger partial charge in [0, 0.05) is 11.3 Å². The second kappa shape index (κ2) is 8.59. The van der Waals surface area contributed by atoms with Gasteiger partial charge in [0.1, 0.15) is 12.4 Å². The summed E-state index contributed by atoms with van der Waals surface area (Å²) in [6, 6.07) is 16.4. The fourth-order valence-corrected chi connectivity index (χ4v) is 3.01. The predicted molar refractivity (Wildman–Crippen MR) is 97.8 cm³/mol. The van der Waals surface area contributed by atoms with E-state index in [4.69, 9.17) is 4.74 Å². The molecule has 0 aliphatic rings. The van der Waals surface area contributed by atoms with Gasteiger partial charge in [-0.15, -0.1) is 5.10 Å². The van der Waals surface area contributed by atoms with E-state index in [0.717, 1.165) is 5.69 Å². The minimum Gasteiger partial charge on any atom is -0.491 e. The van der Waals surface area contributed by atoms with Crippen molar-refractivity contribution in [1.29, 1.82) is 0 Å². The zero-order valence-corrected chi connectivity index (χ0v) is 15.0. The highest BCUT2D eigenvalue weighted by molar-refractivity contribution is 7.99. The summed E-state index contributed by atoms with van der Waals surface area (Å²) in [7, 11) is 0. The van der Waals surface area contributed by atoms with Crippen LogP contribution in [0.2, 0.25) is 0 Å². The van der Waals surface area contributed by atoms with E-state index in [-0.39, 0.29) is 12.4 Å². The molecule has 3 aromatic rings. The van der Waals surface area contributed by atoms with E-state index in [9.17, 15) is 9.90 Å². The van der Waals surface area contributed by atoms with Crippen LogP contribution in [-0.4, -0.2) is 49.6 Å². The van der Waals surface area contributed by atoms with Crippen LogP contribution < -0.4 is 4.74 Å². The predicted octanol–water partition coefficient (Wildman–Crippen LogP) is 2.40. The Morgan fingerprint density at radius 1 is 1.23 bits per heavy atom. The number of thioether (sulfide) groups is 1. The van der Waals surface area contributed by atoms with Crippen LogP contribution in [0.25, 0.3) is 5.69 Å². The first-order valence-electron chi connectivity index (χ1n) is 8.02. The average Bonchev–Trinajstić information content (AvgIpc) is 3.14. The van der Waals surface area contributed by atoms with Crippen molar-refractivity contribution in [3.8, 4) is 11.4 Å². The molecule has 1 heterocycles. The molecular weight excluding hydrogens is 352 g/mol. The zero-order chi connectivity index (χ0) is 18.4. The van der Waals surface area contributed by atoms with Crippen molar-refractivity contribution in [2.45, 2.75) is 18.2 Å². The molecule has 0 aliphatic heterocycles. The summed E-state index contributed by atoms with van der Waals surface area (Å²) >= 11 is 1.34. The molecule has 1 aromatic heterocycles. The number of aliphatic hydroxyl groups is 1. The Morgan fingerprint density at radius 3 is 2.81 bits per heavy atom. The van der Waals surface area contributed by atoms with Crippen molar-refractivity contribution in [3.05, 3.63) is 60.2 Å². The lowest BCUT2D eigenvalue weighted by Gasteiger charge is -2.12. The minimum absolute atomic E-state index is 0.0284. The standard InChI is InChI=1S/C18H18N4O3S/c1-13(23)14-6-5-9-17(10-14)25-11-16(24)12-26-18-19-20-21-22(18)15-7-3-2-4-8-15/h2-10,16,24H,11-12H2,1H3/t16-/m0/s1. The van der Waals surface area contributed by atoms with Crippen molar-refractivity contribution in [1.82, 2.24) is 20.2 Å². The number of para-hydroxylation sites is 1. The number of nitrogens with zero attached hydrogens (tertiary/aromatic N) is 4. The SMILES string of the molecule is CC(=O)c1cccc(OC[C@H](O)CSc2nnnn2-c2ccccc2)c1. The second-order valence-electron chi connectivity index (χ2n) is 5.57. The van der Waals surface area contributed by atoms with Gasteiger partial charge in [-0.1, -0.05) is 42.1 Å². The smallest absolute Gasteiger partial charge is 0.214 e. The molecule has 26 heavy (non-hydrogen) atoms. The van der Waals surface area contributed by atoms with Gasteiger partial charge in [0.15, 0.2) is 5.78 Å². The molecule has 1 N–H and O–H groups in total. The largest absolute Gasteiger partial charge is 0.491 e. The number of aliphatic hydroxyl groups excluding tert-OH is 1. The number of ketones is 1. The summed E-state index contributed by atoms with van der Waals surface area (Å²) < 4.78 is 7.19. The maximum atomic E-state index is 11.4. The number of aromatic nitrogens is 4. The average molecular weight is 370 g/mol. The fourth-order valence-electron chi connectivity index (χ4n) is 2.22. The fraction of sp³-hybridized carbons (Fsp3) is 0.222. The van der Waals surface area contributed by atoms with Crippen LogP contribution in [-0.2, 0) is 0 Å². The highest BCUT2D eigenvalue weighted by atomic mass is 32.2. The monoisotopic (exact) mass is 370 g/mol. The van der Waals surface area contributed by atoms with E-state index in [1.807, 2.05) is 30.3 Å². The molecule has 1 atom stereocenters. The molecule has 0 unspecified atom stereocenters. The molecule has 0 saturated carbocycles. The van der Waals surface area contributed by atoms with Gasteiger partial charge in [-0.25, -0.2) is 0 Å². The summed E-state index contributed by atoms with van der Waals surface area (Å²) in [5, 5.41) is 22.4. The summed E-state index contributed by atoms with van der Waals surface area (Å²) in [6.07, 6.45) is -0.707. The Balaban J connectivity index is 1.54.